The van der Waals surface area contributed by atoms with Crippen LogP contribution in [0.5, 0.6) is 0 Å². The Morgan fingerprint density at radius 2 is 1.95 bits per heavy atom. The van der Waals surface area contributed by atoms with Crippen LogP contribution in [0.25, 0.3) is 0 Å². The molecule has 0 unspecified atom stereocenters. The minimum atomic E-state index is -1.31. The molecule has 0 atom stereocenters. The lowest BCUT2D eigenvalue weighted by Gasteiger charge is -2.07. The molecule has 0 spiro atoms. The van der Waals surface area contributed by atoms with Gasteiger partial charge in [0.15, 0.2) is 11.5 Å². The van der Waals surface area contributed by atoms with E-state index < -0.39 is 17.6 Å². The number of aromatic carboxylic acids is 1. The number of nitrogens with zero attached hydrogens (tertiary/aromatic N) is 4. The van der Waals surface area contributed by atoms with Gasteiger partial charge in [0.25, 0.3) is 0 Å². The lowest BCUT2D eigenvalue weighted by atomic mass is 10.4. The highest BCUT2D eigenvalue weighted by Gasteiger charge is 2.15. The predicted molar refractivity (Wildman–Crippen MR) is 66.1 cm³/mol. The van der Waals surface area contributed by atoms with Gasteiger partial charge in [0.2, 0.25) is 5.91 Å². The zero-order valence-corrected chi connectivity index (χ0v) is 10.1. The van der Waals surface area contributed by atoms with Crippen molar-refractivity contribution in [1.29, 1.82) is 0 Å². The van der Waals surface area contributed by atoms with Gasteiger partial charge >= 0.3 is 11.7 Å². The molecule has 0 saturated carbocycles. The topological polar surface area (TPSA) is 127 Å². The zero-order chi connectivity index (χ0) is 14.5. The van der Waals surface area contributed by atoms with Crippen molar-refractivity contribution >= 4 is 17.7 Å². The summed E-state index contributed by atoms with van der Waals surface area (Å²) in [4.78, 5) is 44.8. The van der Waals surface area contributed by atoms with E-state index in [-0.39, 0.29) is 18.1 Å². The molecular weight excluding hydrogens is 266 g/mol. The molecule has 0 aliphatic carbocycles. The maximum absolute atomic E-state index is 11.7. The van der Waals surface area contributed by atoms with Crippen molar-refractivity contribution in [3.05, 3.63) is 47.0 Å². The third-order valence-corrected chi connectivity index (χ3v) is 2.26. The third-order valence-electron chi connectivity index (χ3n) is 2.26. The number of carboxylic acids is 1. The van der Waals surface area contributed by atoms with Crippen LogP contribution in [0.1, 0.15) is 10.5 Å². The molecule has 20 heavy (non-hydrogen) atoms. The first-order chi connectivity index (χ1) is 9.58. The number of carboxylic acid groups (broad SMARTS) is 1. The van der Waals surface area contributed by atoms with Crippen LogP contribution in [0.2, 0.25) is 0 Å². The second-order valence-corrected chi connectivity index (χ2v) is 3.64. The summed E-state index contributed by atoms with van der Waals surface area (Å²) in [7, 11) is 0. The van der Waals surface area contributed by atoms with Crippen molar-refractivity contribution in [2.45, 2.75) is 6.54 Å². The maximum atomic E-state index is 11.7. The van der Waals surface area contributed by atoms with Crippen molar-refractivity contribution in [2.75, 3.05) is 5.32 Å². The van der Waals surface area contributed by atoms with E-state index in [1.54, 1.807) is 0 Å². The Bertz CT molecular complexity index is 712. The quantitative estimate of drug-likeness (QED) is 0.760. The molecule has 102 valence electrons. The van der Waals surface area contributed by atoms with Gasteiger partial charge in [0.1, 0.15) is 6.54 Å². The Balaban J connectivity index is 2.15. The standard InChI is InChI=1S/C11H9N5O4/c17-7(6-16-5-1-2-14-11(16)20)15-9-8(10(18)19)12-3-4-13-9/h1-5H,6H2,(H,18,19)(H,13,15,17). The average Bonchev–Trinajstić information content (AvgIpc) is 2.41. The second-order valence-electron chi connectivity index (χ2n) is 3.64. The smallest absolute Gasteiger partial charge is 0.358 e. The first kappa shape index (κ1) is 13.3. The van der Waals surface area contributed by atoms with Gasteiger partial charge in [0, 0.05) is 24.8 Å². The Morgan fingerprint density at radius 3 is 2.65 bits per heavy atom. The molecular formula is C11H9N5O4. The average molecular weight is 275 g/mol. The molecule has 0 aliphatic rings. The van der Waals surface area contributed by atoms with Crippen molar-refractivity contribution in [3.63, 3.8) is 0 Å². The van der Waals surface area contributed by atoms with Gasteiger partial charge in [-0.15, -0.1) is 0 Å². The Labute approximate surface area is 112 Å². The highest BCUT2D eigenvalue weighted by atomic mass is 16.4. The third kappa shape index (κ3) is 3.02. The first-order valence-corrected chi connectivity index (χ1v) is 5.43. The first-order valence-electron chi connectivity index (χ1n) is 5.43. The molecule has 2 aromatic heterocycles. The minimum absolute atomic E-state index is 0.179. The van der Waals surface area contributed by atoms with E-state index >= 15 is 0 Å². The summed E-state index contributed by atoms with van der Waals surface area (Å²) in [6.45, 7) is -0.303. The summed E-state index contributed by atoms with van der Waals surface area (Å²) in [6.07, 6.45) is 5.15. The number of carbonyl (C=O) groups is 2. The van der Waals surface area contributed by atoms with E-state index in [2.05, 4.69) is 20.3 Å². The van der Waals surface area contributed by atoms with E-state index in [1.165, 1.54) is 30.9 Å². The normalized spacial score (nSPS) is 10.0. The van der Waals surface area contributed by atoms with E-state index in [4.69, 9.17) is 5.11 Å². The van der Waals surface area contributed by atoms with Gasteiger partial charge in [0.05, 0.1) is 0 Å². The van der Waals surface area contributed by atoms with E-state index in [0.29, 0.717) is 0 Å². The molecule has 0 bridgehead atoms. The van der Waals surface area contributed by atoms with Crippen molar-refractivity contribution in [3.8, 4) is 0 Å². The van der Waals surface area contributed by atoms with Crippen LogP contribution in [-0.2, 0) is 11.3 Å². The second kappa shape index (κ2) is 5.69. The zero-order valence-electron chi connectivity index (χ0n) is 10.1. The summed E-state index contributed by atoms with van der Waals surface area (Å²) < 4.78 is 1.08. The van der Waals surface area contributed by atoms with Gasteiger partial charge < -0.3 is 10.4 Å². The van der Waals surface area contributed by atoms with Crippen LogP contribution in [-0.4, -0.2) is 36.5 Å². The number of rotatable bonds is 4. The lowest BCUT2D eigenvalue weighted by Crippen LogP contribution is -2.29. The number of aromatic nitrogens is 4. The molecule has 0 fully saturated rings. The molecule has 1 amide bonds. The van der Waals surface area contributed by atoms with E-state index in [9.17, 15) is 14.4 Å². The SMILES string of the molecule is O=C(Cn1cccnc1=O)Nc1nccnc1C(=O)O. The largest absolute Gasteiger partial charge is 0.476 e. The molecule has 0 radical (unpaired) electrons. The monoisotopic (exact) mass is 275 g/mol. The van der Waals surface area contributed by atoms with Crippen molar-refractivity contribution in [2.24, 2.45) is 0 Å². The fourth-order valence-corrected chi connectivity index (χ4v) is 1.42. The number of carbonyl (C=O) groups excluding carboxylic acids is 1. The predicted octanol–water partition coefficient (Wildman–Crippen LogP) is -0.630. The number of amides is 1. The number of hydrogen-bond acceptors (Lipinski definition) is 6. The molecule has 2 N–H and O–H groups in total. The van der Waals surface area contributed by atoms with Crippen molar-refractivity contribution < 1.29 is 14.7 Å². The molecule has 9 nitrogen and oxygen atoms in total. The summed E-state index contributed by atoms with van der Waals surface area (Å²) >= 11 is 0. The van der Waals surface area contributed by atoms with Gasteiger partial charge in [-0.3, -0.25) is 9.36 Å². The van der Waals surface area contributed by atoms with E-state index in [1.807, 2.05) is 0 Å². The van der Waals surface area contributed by atoms with Crippen LogP contribution in [0.15, 0.2) is 35.6 Å². The number of anilines is 1. The molecule has 9 heteroatoms. The fourth-order valence-electron chi connectivity index (χ4n) is 1.42. The van der Waals surface area contributed by atoms with Crippen LogP contribution >= 0.6 is 0 Å². The number of hydrogen-bond donors (Lipinski definition) is 2. The summed E-state index contributed by atoms with van der Waals surface area (Å²) in [5.41, 5.74) is -0.959. The molecule has 2 rings (SSSR count). The Kier molecular flexibility index (Phi) is 3.80. The van der Waals surface area contributed by atoms with Gasteiger partial charge in [-0.25, -0.2) is 24.5 Å². The van der Waals surface area contributed by atoms with Crippen LogP contribution < -0.4 is 11.0 Å². The van der Waals surface area contributed by atoms with Gasteiger partial charge in [-0.2, -0.15) is 0 Å². The van der Waals surface area contributed by atoms with Crippen LogP contribution in [0.4, 0.5) is 5.82 Å². The fraction of sp³-hybridized carbons (Fsp3) is 0.0909. The summed E-state index contributed by atoms with van der Waals surface area (Å²) in [6, 6.07) is 1.50. The lowest BCUT2D eigenvalue weighted by molar-refractivity contribution is -0.116. The summed E-state index contributed by atoms with van der Waals surface area (Å²) in [5, 5.41) is 11.2. The Hall–Kier alpha value is -3.10. The Morgan fingerprint density at radius 1 is 1.20 bits per heavy atom. The number of nitrogens with one attached hydrogen (secondary N) is 1. The molecule has 0 aliphatic heterocycles. The summed E-state index contributed by atoms with van der Waals surface area (Å²) in [5.74, 6) is -2.10. The molecule has 2 aromatic rings. The molecule has 2 heterocycles. The van der Waals surface area contributed by atoms with E-state index in [0.717, 1.165) is 4.57 Å². The maximum Gasteiger partial charge on any atom is 0.358 e. The van der Waals surface area contributed by atoms with Crippen LogP contribution in [0.3, 0.4) is 0 Å². The minimum Gasteiger partial charge on any atom is -0.476 e. The highest BCUT2D eigenvalue weighted by Crippen LogP contribution is 2.07. The van der Waals surface area contributed by atoms with Crippen LogP contribution in [0, 0.1) is 0 Å². The molecule has 0 saturated heterocycles. The van der Waals surface area contributed by atoms with Gasteiger partial charge in [-0.05, 0) is 6.07 Å². The molecule has 0 aromatic carbocycles. The highest BCUT2D eigenvalue weighted by molar-refractivity contribution is 5.97. The van der Waals surface area contributed by atoms with Gasteiger partial charge in [-0.1, -0.05) is 0 Å². The van der Waals surface area contributed by atoms with Crippen molar-refractivity contribution in [1.82, 2.24) is 19.5 Å².